The maximum Gasteiger partial charge on any atom is 0.243 e. The van der Waals surface area contributed by atoms with Crippen LogP contribution < -0.4 is 10.6 Å². The summed E-state index contributed by atoms with van der Waals surface area (Å²) in [6, 6.07) is 1.80. The summed E-state index contributed by atoms with van der Waals surface area (Å²) in [6.45, 7) is 7.20. The number of rotatable bonds is 11. The van der Waals surface area contributed by atoms with Gasteiger partial charge in [0.05, 0.1) is 17.9 Å². The van der Waals surface area contributed by atoms with E-state index in [0.29, 0.717) is 30.3 Å². The first-order chi connectivity index (χ1) is 18.1. The number of carbonyl (C=O) groups excluding carboxylic acids is 3. The molecule has 3 rings (SSSR count). The van der Waals surface area contributed by atoms with Crippen molar-refractivity contribution in [3.05, 3.63) is 41.9 Å². The largest absolute Gasteiger partial charge is 0.345 e. The van der Waals surface area contributed by atoms with Crippen LogP contribution in [0.3, 0.4) is 0 Å². The topological polar surface area (TPSA) is 107 Å². The van der Waals surface area contributed by atoms with E-state index in [1.165, 1.54) is 12.3 Å². The molecule has 0 saturated carbocycles. The first-order valence-electron chi connectivity index (χ1n) is 13.5. The Morgan fingerprint density at radius 2 is 1.71 bits per heavy atom. The lowest BCUT2D eigenvalue weighted by Gasteiger charge is -2.23. The molecule has 0 bridgehead atoms. The van der Waals surface area contributed by atoms with Crippen LogP contribution in [0.15, 0.2) is 24.4 Å². The molecule has 10 heteroatoms. The van der Waals surface area contributed by atoms with E-state index in [4.69, 9.17) is 0 Å². The number of nitrogens with one attached hydrogen (secondary N) is 3. The summed E-state index contributed by atoms with van der Waals surface area (Å²) in [5.74, 6) is -1.35. The standard InChI is InChI=1S/C28H39F2N5O3/c1-18(2)8-12-25(36)33-23(11-13-26(37)35-14-6-4-5-7-15-35)28(38)32-19(3)27-31-17-24(34-27)21-10-9-20(29)16-22(21)30/h9-10,16-19,23H,4-8,11-15H2,1-3H3,(H,31,34)(H,32,38)(H,33,36)/t19-,23-/m0/s1. The fourth-order valence-electron chi connectivity index (χ4n) is 4.48. The number of hydrogen-bond acceptors (Lipinski definition) is 4. The molecule has 1 saturated heterocycles. The average Bonchev–Trinajstić information content (AvgIpc) is 3.19. The number of carbonyl (C=O) groups is 3. The molecule has 2 aromatic rings. The number of aromatic amines is 1. The highest BCUT2D eigenvalue weighted by Crippen LogP contribution is 2.23. The van der Waals surface area contributed by atoms with Gasteiger partial charge in [-0.15, -0.1) is 0 Å². The second kappa shape index (κ2) is 14.0. The summed E-state index contributed by atoms with van der Waals surface area (Å²) in [7, 11) is 0. The summed E-state index contributed by atoms with van der Waals surface area (Å²) in [5.41, 5.74) is 0.506. The number of imidazole rings is 1. The molecule has 1 fully saturated rings. The van der Waals surface area contributed by atoms with Gasteiger partial charge in [0.2, 0.25) is 17.7 Å². The van der Waals surface area contributed by atoms with Crippen molar-refractivity contribution in [3.63, 3.8) is 0 Å². The molecule has 1 aromatic carbocycles. The molecule has 0 radical (unpaired) electrons. The Hall–Kier alpha value is -3.30. The van der Waals surface area contributed by atoms with Gasteiger partial charge < -0.3 is 20.5 Å². The third-order valence-electron chi connectivity index (χ3n) is 6.79. The van der Waals surface area contributed by atoms with E-state index < -0.39 is 29.6 Å². The third kappa shape index (κ3) is 8.63. The van der Waals surface area contributed by atoms with Crippen LogP contribution in [0.4, 0.5) is 8.78 Å². The first kappa shape index (κ1) is 29.3. The van der Waals surface area contributed by atoms with Gasteiger partial charge in [-0.2, -0.15) is 0 Å². The number of benzene rings is 1. The number of H-pyrrole nitrogens is 1. The van der Waals surface area contributed by atoms with Gasteiger partial charge >= 0.3 is 0 Å². The first-order valence-corrected chi connectivity index (χ1v) is 13.5. The van der Waals surface area contributed by atoms with Crippen molar-refractivity contribution in [2.45, 2.75) is 84.2 Å². The van der Waals surface area contributed by atoms with E-state index in [9.17, 15) is 23.2 Å². The zero-order valence-electron chi connectivity index (χ0n) is 22.5. The molecular weight excluding hydrogens is 492 g/mol. The molecule has 1 aliphatic heterocycles. The van der Waals surface area contributed by atoms with Crippen LogP contribution in [0.5, 0.6) is 0 Å². The van der Waals surface area contributed by atoms with Crippen molar-refractivity contribution in [3.8, 4) is 11.3 Å². The minimum Gasteiger partial charge on any atom is -0.345 e. The van der Waals surface area contributed by atoms with Crippen molar-refractivity contribution in [2.24, 2.45) is 5.92 Å². The van der Waals surface area contributed by atoms with Gasteiger partial charge in [0.1, 0.15) is 23.5 Å². The Balaban J connectivity index is 1.65. The van der Waals surface area contributed by atoms with Crippen molar-refractivity contribution in [2.75, 3.05) is 13.1 Å². The molecule has 38 heavy (non-hydrogen) atoms. The number of likely N-dealkylation sites (tertiary alicyclic amines) is 1. The molecule has 3 amide bonds. The Morgan fingerprint density at radius 3 is 2.37 bits per heavy atom. The van der Waals surface area contributed by atoms with Crippen molar-refractivity contribution >= 4 is 17.7 Å². The molecular formula is C28H39F2N5O3. The molecule has 1 aromatic heterocycles. The van der Waals surface area contributed by atoms with Crippen LogP contribution >= 0.6 is 0 Å². The van der Waals surface area contributed by atoms with Crippen LogP contribution in [-0.2, 0) is 14.4 Å². The number of nitrogens with zero attached hydrogens (tertiary/aromatic N) is 2. The highest BCUT2D eigenvalue weighted by atomic mass is 19.1. The number of halogens is 2. The van der Waals surface area contributed by atoms with Gasteiger partial charge in [0, 0.05) is 37.6 Å². The Morgan fingerprint density at radius 1 is 1.00 bits per heavy atom. The molecule has 8 nitrogen and oxygen atoms in total. The second-order valence-corrected chi connectivity index (χ2v) is 10.4. The zero-order chi connectivity index (χ0) is 27.7. The molecule has 208 valence electrons. The van der Waals surface area contributed by atoms with E-state index in [-0.39, 0.29) is 30.2 Å². The highest BCUT2D eigenvalue weighted by Gasteiger charge is 2.26. The van der Waals surface area contributed by atoms with E-state index in [1.807, 2.05) is 18.7 Å². The molecule has 0 aliphatic carbocycles. The number of hydrogen-bond donors (Lipinski definition) is 3. The summed E-state index contributed by atoms with van der Waals surface area (Å²) < 4.78 is 27.4. The summed E-state index contributed by atoms with van der Waals surface area (Å²) in [6.07, 6.45) is 6.93. The summed E-state index contributed by atoms with van der Waals surface area (Å²) >= 11 is 0. The molecule has 1 aliphatic rings. The molecule has 0 spiro atoms. The molecule has 0 unspecified atom stereocenters. The van der Waals surface area contributed by atoms with Crippen LogP contribution in [0.2, 0.25) is 0 Å². The Kier molecular flexibility index (Phi) is 10.8. The monoisotopic (exact) mass is 531 g/mol. The van der Waals surface area contributed by atoms with Crippen LogP contribution in [0, 0.1) is 17.6 Å². The van der Waals surface area contributed by atoms with Crippen molar-refractivity contribution in [1.82, 2.24) is 25.5 Å². The lowest BCUT2D eigenvalue weighted by molar-refractivity contribution is -0.133. The average molecular weight is 532 g/mol. The maximum atomic E-state index is 14.2. The third-order valence-corrected chi connectivity index (χ3v) is 6.79. The summed E-state index contributed by atoms with van der Waals surface area (Å²) in [4.78, 5) is 47.7. The highest BCUT2D eigenvalue weighted by molar-refractivity contribution is 5.88. The maximum absolute atomic E-state index is 14.2. The predicted octanol–water partition coefficient (Wildman–Crippen LogP) is 4.64. The minimum absolute atomic E-state index is 0.00817. The smallest absolute Gasteiger partial charge is 0.243 e. The molecule has 2 heterocycles. The van der Waals surface area contributed by atoms with E-state index in [0.717, 1.165) is 50.9 Å². The zero-order valence-corrected chi connectivity index (χ0v) is 22.5. The van der Waals surface area contributed by atoms with E-state index >= 15 is 0 Å². The van der Waals surface area contributed by atoms with Crippen LogP contribution in [-0.4, -0.2) is 51.7 Å². The Bertz CT molecular complexity index is 1100. The lowest BCUT2D eigenvalue weighted by Crippen LogP contribution is -2.48. The summed E-state index contributed by atoms with van der Waals surface area (Å²) in [5, 5.41) is 5.65. The second-order valence-electron chi connectivity index (χ2n) is 10.4. The minimum atomic E-state index is -0.878. The van der Waals surface area contributed by atoms with E-state index in [1.54, 1.807) is 6.92 Å². The fourth-order valence-corrected chi connectivity index (χ4v) is 4.48. The van der Waals surface area contributed by atoms with Gasteiger partial charge in [-0.3, -0.25) is 14.4 Å². The normalized spacial score (nSPS) is 15.6. The van der Waals surface area contributed by atoms with Gasteiger partial charge in [-0.05, 0) is 50.7 Å². The lowest BCUT2D eigenvalue weighted by atomic mass is 10.1. The SMILES string of the molecule is CC(C)CCC(=O)N[C@@H](CCC(=O)N1CCCCCC1)C(=O)N[C@@H](C)c1ncc(-c2ccc(F)cc2F)[nH]1. The van der Waals surface area contributed by atoms with Gasteiger partial charge in [-0.1, -0.05) is 26.7 Å². The predicted molar refractivity (Wildman–Crippen MR) is 141 cm³/mol. The van der Waals surface area contributed by atoms with Crippen molar-refractivity contribution in [1.29, 1.82) is 0 Å². The molecule has 2 atom stereocenters. The number of amides is 3. The van der Waals surface area contributed by atoms with Crippen LogP contribution in [0.1, 0.15) is 84.0 Å². The van der Waals surface area contributed by atoms with Gasteiger partial charge in [0.25, 0.3) is 0 Å². The van der Waals surface area contributed by atoms with Gasteiger partial charge in [0.15, 0.2) is 0 Å². The quantitative estimate of drug-likeness (QED) is 0.393. The van der Waals surface area contributed by atoms with Crippen molar-refractivity contribution < 1.29 is 23.2 Å². The fraction of sp³-hybridized carbons (Fsp3) is 0.571. The van der Waals surface area contributed by atoms with E-state index in [2.05, 4.69) is 20.6 Å². The molecule has 3 N–H and O–H groups in total. The van der Waals surface area contributed by atoms with Gasteiger partial charge in [-0.25, -0.2) is 13.8 Å². The van der Waals surface area contributed by atoms with Crippen LogP contribution in [0.25, 0.3) is 11.3 Å². The Labute approximate surface area is 223 Å². The number of aromatic nitrogens is 2.